The van der Waals surface area contributed by atoms with E-state index in [1.807, 2.05) is 13.8 Å². The van der Waals surface area contributed by atoms with E-state index in [1.165, 1.54) is 4.90 Å². The van der Waals surface area contributed by atoms with Crippen molar-refractivity contribution in [1.29, 1.82) is 0 Å². The quantitative estimate of drug-likeness (QED) is 0.876. The van der Waals surface area contributed by atoms with Gasteiger partial charge in [-0.05, 0) is 37.6 Å². The molecular weight excluding hydrogens is 299 g/mol. The fourth-order valence-corrected chi connectivity index (χ4v) is 2.14. The molecule has 0 fully saturated rings. The van der Waals surface area contributed by atoms with Gasteiger partial charge in [0.15, 0.2) is 0 Å². The third kappa shape index (κ3) is 5.02. The Kier molecular flexibility index (Phi) is 6.82. The van der Waals surface area contributed by atoms with Crippen LogP contribution in [0.25, 0.3) is 0 Å². The fraction of sp³-hybridized carbons (Fsp3) is 0.429. The van der Waals surface area contributed by atoms with E-state index in [-0.39, 0.29) is 24.8 Å². The summed E-state index contributed by atoms with van der Waals surface area (Å²) in [5.41, 5.74) is 0.665. The summed E-state index contributed by atoms with van der Waals surface area (Å²) >= 11 is 11.9. The number of amides is 2. The molecule has 1 aromatic rings. The van der Waals surface area contributed by atoms with E-state index in [4.69, 9.17) is 23.2 Å². The van der Waals surface area contributed by atoms with Crippen molar-refractivity contribution in [3.05, 3.63) is 33.8 Å². The second-order valence-corrected chi connectivity index (χ2v) is 5.12. The van der Waals surface area contributed by atoms with Gasteiger partial charge in [0.05, 0.1) is 13.0 Å². The highest BCUT2D eigenvalue weighted by Crippen LogP contribution is 2.21. The van der Waals surface area contributed by atoms with Crippen LogP contribution < -0.4 is 5.32 Å². The Bertz CT molecular complexity index is 492. The van der Waals surface area contributed by atoms with E-state index in [1.54, 1.807) is 18.2 Å². The lowest BCUT2D eigenvalue weighted by molar-refractivity contribution is -0.135. The molecular formula is C14H18Cl2N2O2. The van der Waals surface area contributed by atoms with Crippen LogP contribution in [0.5, 0.6) is 0 Å². The molecule has 4 nitrogen and oxygen atoms in total. The Morgan fingerprint density at radius 2 is 1.95 bits per heavy atom. The van der Waals surface area contributed by atoms with Crippen molar-refractivity contribution in [2.45, 2.75) is 20.3 Å². The van der Waals surface area contributed by atoms with Crippen molar-refractivity contribution in [2.75, 3.05) is 19.6 Å². The summed E-state index contributed by atoms with van der Waals surface area (Å²) < 4.78 is 0. The summed E-state index contributed by atoms with van der Waals surface area (Å²) in [6.07, 6.45) is 0.132. The third-order valence-electron chi connectivity index (χ3n) is 2.79. The maximum absolute atomic E-state index is 12.2. The maximum Gasteiger partial charge on any atom is 0.239 e. The molecule has 0 unspecified atom stereocenters. The van der Waals surface area contributed by atoms with Crippen molar-refractivity contribution in [3.8, 4) is 0 Å². The number of carbonyl (C=O) groups is 2. The predicted octanol–water partition coefficient (Wildman–Crippen LogP) is 2.52. The van der Waals surface area contributed by atoms with E-state index in [0.717, 1.165) is 0 Å². The molecule has 0 radical (unpaired) electrons. The van der Waals surface area contributed by atoms with Crippen LogP contribution in [0, 0.1) is 0 Å². The highest BCUT2D eigenvalue weighted by molar-refractivity contribution is 6.33. The van der Waals surface area contributed by atoms with Crippen LogP contribution in [0.3, 0.4) is 0 Å². The van der Waals surface area contributed by atoms with Gasteiger partial charge in [0.25, 0.3) is 0 Å². The van der Waals surface area contributed by atoms with Crippen molar-refractivity contribution in [2.24, 2.45) is 0 Å². The van der Waals surface area contributed by atoms with Gasteiger partial charge in [-0.3, -0.25) is 9.59 Å². The predicted molar refractivity (Wildman–Crippen MR) is 81.1 cm³/mol. The molecule has 1 aromatic carbocycles. The van der Waals surface area contributed by atoms with Crippen LogP contribution in [0.15, 0.2) is 18.2 Å². The number of rotatable bonds is 6. The van der Waals surface area contributed by atoms with Gasteiger partial charge in [0.2, 0.25) is 11.8 Å². The van der Waals surface area contributed by atoms with Crippen molar-refractivity contribution in [3.63, 3.8) is 0 Å². The van der Waals surface area contributed by atoms with Crippen molar-refractivity contribution in [1.82, 2.24) is 10.2 Å². The summed E-state index contributed by atoms with van der Waals surface area (Å²) in [7, 11) is 0. The van der Waals surface area contributed by atoms with Gasteiger partial charge in [-0.25, -0.2) is 0 Å². The molecule has 2 amide bonds. The fourth-order valence-electron chi connectivity index (χ4n) is 1.76. The molecule has 0 heterocycles. The number of likely N-dealkylation sites (N-methyl/N-ethyl adjacent to an activating group) is 2. The molecule has 0 atom stereocenters. The normalized spacial score (nSPS) is 10.2. The summed E-state index contributed by atoms with van der Waals surface area (Å²) in [6.45, 7) is 4.73. The average molecular weight is 317 g/mol. The van der Waals surface area contributed by atoms with Crippen LogP contribution in [0.1, 0.15) is 19.4 Å². The molecule has 0 spiro atoms. The average Bonchev–Trinajstić information content (AvgIpc) is 2.40. The summed E-state index contributed by atoms with van der Waals surface area (Å²) in [5, 5.41) is 3.70. The number of halogens is 2. The molecule has 20 heavy (non-hydrogen) atoms. The molecule has 1 N–H and O–H groups in total. The Balaban J connectivity index is 2.72. The molecule has 110 valence electrons. The molecule has 0 saturated carbocycles. The third-order valence-corrected chi connectivity index (χ3v) is 3.40. The Labute approximate surface area is 129 Å². The van der Waals surface area contributed by atoms with Gasteiger partial charge >= 0.3 is 0 Å². The molecule has 0 aromatic heterocycles. The van der Waals surface area contributed by atoms with E-state index in [2.05, 4.69) is 5.32 Å². The molecule has 6 heteroatoms. The summed E-state index contributed by atoms with van der Waals surface area (Å²) in [6, 6.07) is 5.00. The molecule has 1 rings (SSSR count). The first-order chi connectivity index (χ1) is 9.47. The molecule has 0 saturated heterocycles. The van der Waals surface area contributed by atoms with E-state index in [0.29, 0.717) is 28.7 Å². The number of benzene rings is 1. The van der Waals surface area contributed by atoms with E-state index >= 15 is 0 Å². The van der Waals surface area contributed by atoms with Crippen LogP contribution in [0.4, 0.5) is 0 Å². The molecule has 0 bridgehead atoms. The highest BCUT2D eigenvalue weighted by atomic mass is 35.5. The smallest absolute Gasteiger partial charge is 0.239 e. The minimum Gasteiger partial charge on any atom is -0.355 e. The van der Waals surface area contributed by atoms with E-state index in [9.17, 15) is 9.59 Å². The first kappa shape index (κ1) is 16.8. The van der Waals surface area contributed by atoms with Gasteiger partial charge in [-0.2, -0.15) is 0 Å². The van der Waals surface area contributed by atoms with Crippen molar-refractivity contribution < 1.29 is 9.59 Å². The number of nitrogens with one attached hydrogen (secondary N) is 1. The van der Waals surface area contributed by atoms with Gasteiger partial charge in [0.1, 0.15) is 0 Å². The molecule has 0 aliphatic carbocycles. The standard InChI is InChI=1S/C14H18Cl2N2O2/c1-3-17-13(19)9-18(4-2)14(20)8-10-7-11(15)5-6-12(10)16/h5-7H,3-4,8-9H2,1-2H3,(H,17,19). The maximum atomic E-state index is 12.2. The van der Waals surface area contributed by atoms with Gasteiger partial charge in [-0.1, -0.05) is 23.2 Å². The number of hydrogen-bond acceptors (Lipinski definition) is 2. The minimum absolute atomic E-state index is 0.0569. The minimum atomic E-state index is -0.167. The van der Waals surface area contributed by atoms with Gasteiger partial charge in [0, 0.05) is 23.1 Å². The second-order valence-electron chi connectivity index (χ2n) is 4.27. The Hall–Kier alpha value is -1.26. The Morgan fingerprint density at radius 3 is 2.55 bits per heavy atom. The number of hydrogen-bond donors (Lipinski definition) is 1. The van der Waals surface area contributed by atoms with Crippen molar-refractivity contribution >= 4 is 35.0 Å². The lowest BCUT2D eigenvalue weighted by Crippen LogP contribution is -2.41. The lowest BCUT2D eigenvalue weighted by Gasteiger charge is -2.20. The van der Waals surface area contributed by atoms with Crippen LogP contribution in [0.2, 0.25) is 10.0 Å². The zero-order valence-corrected chi connectivity index (χ0v) is 13.1. The monoisotopic (exact) mass is 316 g/mol. The molecule has 0 aliphatic rings. The topological polar surface area (TPSA) is 49.4 Å². The SMILES string of the molecule is CCNC(=O)CN(CC)C(=O)Cc1cc(Cl)ccc1Cl. The largest absolute Gasteiger partial charge is 0.355 e. The van der Waals surface area contributed by atoms with Crippen LogP contribution in [-0.4, -0.2) is 36.3 Å². The number of carbonyl (C=O) groups excluding carboxylic acids is 2. The lowest BCUT2D eigenvalue weighted by atomic mass is 10.1. The van der Waals surface area contributed by atoms with Crippen LogP contribution >= 0.6 is 23.2 Å². The van der Waals surface area contributed by atoms with E-state index < -0.39 is 0 Å². The van der Waals surface area contributed by atoms with Gasteiger partial charge < -0.3 is 10.2 Å². The first-order valence-corrected chi connectivity index (χ1v) is 7.21. The molecule has 0 aliphatic heterocycles. The summed E-state index contributed by atoms with van der Waals surface area (Å²) in [4.78, 5) is 25.2. The zero-order chi connectivity index (χ0) is 15.1. The van der Waals surface area contributed by atoms with Crippen LogP contribution in [-0.2, 0) is 16.0 Å². The Morgan fingerprint density at radius 1 is 1.25 bits per heavy atom. The first-order valence-electron chi connectivity index (χ1n) is 6.46. The highest BCUT2D eigenvalue weighted by Gasteiger charge is 2.16. The zero-order valence-electron chi connectivity index (χ0n) is 11.6. The number of nitrogens with zero attached hydrogens (tertiary/aromatic N) is 1. The summed E-state index contributed by atoms with van der Waals surface area (Å²) in [5.74, 6) is -0.317. The van der Waals surface area contributed by atoms with Gasteiger partial charge in [-0.15, -0.1) is 0 Å². The second kappa shape index (κ2) is 8.12.